The first kappa shape index (κ1) is 15.1. The van der Waals surface area contributed by atoms with Crippen molar-refractivity contribution in [1.82, 2.24) is 0 Å². The maximum atomic E-state index is 13.6. The van der Waals surface area contributed by atoms with Crippen LogP contribution in [0.1, 0.15) is 5.56 Å². The molecule has 2 aromatic carbocycles. The molecule has 0 N–H and O–H groups in total. The summed E-state index contributed by atoms with van der Waals surface area (Å²) in [5, 5.41) is 0. The number of hydrogen-bond donors (Lipinski definition) is 0. The number of halogens is 3. The molecular weight excluding hydrogens is 347 g/mol. The number of benzene rings is 2. The van der Waals surface area contributed by atoms with E-state index in [-0.39, 0.29) is 18.2 Å². The fourth-order valence-electron chi connectivity index (χ4n) is 1.61. The average molecular weight is 360 g/mol. The fourth-order valence-corrected chi connectivity index (χ4v) is 2.16. The summed E-state index contributed by atoms with van der Waals surface area (Å²) in [6.45, 7) is 0.608. The molecule has 106 valence electrons. The third-order valence-electron chi connectivity index (χ3n) is 2.56. The van der Waals surface area contributed by atoms with E-state index in [2.05, 4.69) is 15.9 Å². The SMILES string of the molecule is Fc1cc(CCl)ccc1OCCOc1cccc(Br)c1. The first-order valence-electron chi connectivity index (χ1n) is 6.04. The van der Waals surface area contributed by atoms with Crippen LogP contribution in [0.15, 0.2) is 46.9 Å². The van der Waals surface area contributed by atoms with E-state index in [1.54, 1.807) is 12.1 Å². The highest BCUT2D eigenvalue weighted by molar-refractivity contribution is 9.10. The number of rotatable bonds is 6. The van der Waals surface area contributed by atoms with Crippen molar-refractivity contribution in [3.8, 4) is 11.5 Å². The van der Waals surface area contributed by atoms with Gasteiger partial charge in [0.15, 0.2) is 11.6 Å². The predicted octanol–water partition coefficient (Wildman–Crippen LogP) is 4.78. The van der Waals surface area contributed by atoms with Gasteiger partial charge in [0.1, 0.15) is 19.0 Å². The fraction of sp³-hybridized carbons (Fsp3) is 0.200. The summed E-state index contributed by atoms with van der Waals surface area (Å²) in [4.78, 5) is 0. The maximum Gasteiger partial charge on any atom is 0.165 e. The summed E-state index contributed by atoms with van der Waals surface area (Å²) in [6.07, 6.45) is 0. The van der Waals surface area contributed by atoms with Crippen molar-refractivity contribution < 1.29 is 13.9 Å². The summed E-state index contributed by atoms with van der Waals surface area (Å²) < 4.78 is 25.4. The molecule has 0 aliphatic rings. The highest BCUT2D eigenvalue weighted by atomic mass is 79.9. The van der Waals surface area contributed by atoms with E-state index in [0.29, 0.717) is 6.61 Å². The first-order chi connectivity index (χ1) is 9.69. The molecular formula is C15H13BrClFO2. The lowest BCUT2D eigenvalue weighted by molar-refractivity contribution is 0.211. The van der Waals surface area contributed by atoms with E-state index < -0.39 is 5.82 Å². The van der Waals surface area contributed by atoms with Crippen LogP contribution in [0.3, 0.4) is 0 Å². The molecule has 0 spiro atoms. The minimum absolute atomic E-state index is 0.205. The quantitative estimate of drug-likeness (QED) is 0.545. The Bertz CT molecular complexity index is 578. The molecule has 0 saturated carbocycles. The molecule has 0 unspecified atom stereocenters. The van der Waals surface area contributed by atoms with E-state index in [9.17, 15) is 4.39 Å². The van der Waals surface area contributed by atoms with Gasteiger partial charge in [-0.15, -0.1) is 11.6 Å². The first-order valence-corrected chi connectivity index (χ1v) is 7.37. The summed E-state index contributed by atoms with van der Waals surface area (Å²) in [6, 6.07) is 12.2. The van der Waals surface area contributed by atoms with Crippen LogP contribution in [-0.2, 0) is 5.88 Å². The monoisotopic (exact) mass is 358 g/mol. The molecule has 2 aromatic rings. The molecule has 0 fully saturated rings. The molecule has 0 atom stereocenters. The third kappa shape index (κ3) is 4.39. The Labute approximate surface area is 130 Å². The topological polar surface area (TPSA) is 18.5 Å². The van der Waals surface area contributed by atoms with Crippen LogP contribution < -0.4 is 9.47 Å². The van der Waals surface area contributed by atoms with Gasteiger partial charge in [0.25, 0.3) is 0 Å². The van der Waals surface area contributed by atoms with Crippen molar-refractivity contribution in [3.05, 3.63) is 58.3 Å². The number of ether oxygens (including phenoxy) is 2. The van der Waals surface area contributed by atoms with E-state index in [0.717, 1.165) is 15.8 Å². The van der Waals surface area contributed by atoms with Crippen molar-refractivity contribution in [2.75, 3.05) is 13.2 Å². The van der Waals surface area contributed by atoms with Gasteiger partial charge in [-0.25, -0.2) is 4.39 Å². The highest BCUT2D eigenvalue weighted by Crippen LogP contribution is 2.20. The molecule has 0 aromatic heterocycles. The van der Waals surface area contributed by atoms with E-state index in [1.807, 2.05) is 24.3 Å². The van der Waals surface area contributed by atoms with Crippen molar-refractivity contribution in [3.63, 3.8) is 0 Å². The maximum absolute atomic E-state index is 13.6. The molecule has 2 nitrogen and oxygen atoms in total. The van der Waals surface area contributed by atoms with Gasteiger partial charge < -0.3 is 9.47 Å². The molecule has 0 bridgehead atoms. The lowest BCUT2D eigenvalue weighted by Crippen LogP contribution is -2.09. The van der Waals surface area contributed by atoms with Crippen molar-refractivity contribution in [1.29, 1.82) is 0 Å². The Morgan fingerprint density at radius 3 is 2.55 bits per heavy atom. The van der Waals surface area contributed by atoms with Gasteiger partial charge >= 0.3 is 0 Å². The van der Waals surface area contributed by atoms with Gasteiger partial charge in [0.2, 0.25) is 0 Å². The van der Waals surface area contributed by atoms with E-state index in [4.69, 9.17) is 21.1 Å². The van der Waals surface area contributed by atoms with Crippen molar-refractivity contribution in [2.45, 2.75) is 5.88 Å². The molecule has 0 heterocycles. The summed E-state index contributed by atoms with van der Waals surface area (Å²) in [7, 11) is 0. The van der Waals surface area contributed by atoms with Crippen LogP contribution in [0.2, 0.25) is 0 Å². The molecule has 2 rings (SSSR count). The lowest BCUT2D eigenvalue weighted by atomic mass is 10.2. The van der Waals surface area contributed by atoms with Crippen LogP contribution >= 0.6 is 27.5 Å². The Hall–Kier alpha value is -1.26. The van der Waals surface area contributed by atoms with E-state index in [1.165, 1.54) is 6.07 Å². The van der Waals surface area contributed by atoms with Crippen LogP contribution in [0.4, 0.5) is 4.39 Å². The minimum Gasteiger partial charge on any atom is -0.490 e. The second-order valence-electron chi connectivity index (χ2n) is 4.05. The smallest absolute Gasteiger partial charge is 0.165 e. The van der Waals surface area contributed by atoms with E-state index >= 15 is 0 Å². The van der Waals surface area contributed by atoms with Gasteiger partial charge in [0.05, 0.1) is 0 Å². The van der Waals surface area contributed by atoms with Crippen molar-refractivity contribution in [2.24, 2.45) is 0 Å². The molecule has 20 heavy (non-hydrogen) atoms. The zero-order chi connectivity index (χ0) is 14.4. The third-order valence-corrected chi connectivity index (χ3v) is 3.36. The Kier molecular flexibility index (Phi) is 5.68. The van der Waals surface area contributed by atoms with Gasteiger partial charge in [-0.05, 0) is 35.9 Å². The second-order valence-corrected chi connectivity index (χ2v) is 5.24. The van der Waals surface area contributed by atoms with Crippen molar-refractivity contribution >= 4 is 27.5 Å². The second kappa shape index (κ2) is 7.50. The van der Waals surface area contributed by atoms with Crippen LogP contribution in [0.5, 0.6) is 11.5 Å². The number of hydrogen-bond acceptors (Lipinski definition) is 2. The standard InChI is InChI=1S/C15H13BrClFO2/c16-12-2-1-3-13(9-12)19-6-7-20-15-5-4-11(10-17)8-14(15)18/h1-5,8-9H,6-7,10H2. The normalized spacial score (nSPS) is 10.3. The molecule has 0 amide bonds. The molecule has 0 radical (unpaired) electrons. The van der Waals surface area contributed by atoms with Gasteiger partial charge in [-0.1, -0.05) is 28.1 Å². The zero-order valence-corrected chi connectivity index (χ0v) is 13.0. The molecule has 0 saturated heterocycles. The van der Waals surface area contributed by atoms with Gasteiger partial charge in [-0.3, -0.25) is 0 Å². The zero-order valence-electron chi connectivity index (χ0n) is 10.6. The van der Waals surface area contributed by atoms with Crippen LogP contribution in [0.25, 0.3) is 0 Å². The van der Waals surface area contributed by atoms with Crippen LogP contribution in [-0.4, -0.2) is 13.2 Å². The summed E-state index contributed by atoms with van der Waals surface area (Å²) in [5.41, 5.74) is 0.724. The summed E-state index contributed by atoms with van der Waals surface area (Å²) >= 11 is 8.99. The Balaban J connectivity index is 1.81. The molecule has 0 aliphatic heterocycles. The molecule has 0 aliphatic carbocycles. The number of alkyl halides is 1. The molecule has 5 heteroatoms. The minimum atomic E-state index is -0.411. The predicted molar refractivity (Wildman–Crippen MR) is 81.1 cm³/mol. The average Bonchev–Trinajstić information content (AvgIpc) is 2.45. The highest BCUT2D eigenvalue weighted by Gasteiger charge is 2.04. The summed E-state index contributed by atoms with van der Waals surface area (Å²) in [5.74, 6) is 0.812. The largest absolute Gasteiger partial charge is 0.490 e. The Morgan fingerprint density at radius 2 is 1.85 bits per heavy atom. The Morgan fingerprint density at radius 1 is 1.05 bits per heavy atom. The van der Waals surface area contributed by atoms with Gasteiger partial charge in [-0.2, -0.15) is 0 Å². The lowest BCUT2D eigenvalue weighted by Gasteiger charge is -2.09. The van der Waals surface area contributed by atoms with Crippen LogP contribution in [0, 0.1) is 5.82 Å². The van der Waals surface area contributed by atoms with Gasteiger partial charge in [0, 0.05) is 10.4 Å².